The van der Waals surface area contributed by atoms with Crippen molar-refractivity contribution in [2.45, 2.75) is 12.1 Å². The van der Waals surface area contributed by atoms with Gasteiger partial charge in [0.15, 0.2) is 11.0 Å². The molecule has 1 fully saturated rings. The predicted octanol–water partition coefficient (Wildman–Crippen LogP) is 4.22. The standard InChI is InChI=1S/C26H25FN6OS/c1-19-2-6-23(7-3-19)33-25(20-10-12-28-13-11-20)29-30-26(33)35-18-24(34)32-16-14-31(15-17-32)22-8-4-21(27)5-9-22/h2-13H,14-18H2,1H3. The highest BCUT2D eigenvalue weighted by Gasteiger charge is 2.23. The summed E-state index contributed by atoms with van der Waals surface area (Å²) in [6.45, 7) is 4.73. The summed E-state index contributed by atoms with van der Waals surface area (Å²) in [7, 11) is 0. The number of carbonyl (C=O) groups excluding carboxylic acids is 1. The second kappa shape index (κ2) is 10.3. The van der Waals surface area contributed by atoms with E-state index >= 15 is 0 Å². The Balaban J connectivity index is 1.28. The number of carbonyl (C=O) groups is 1. The Hall–Kier alpha value is -3.72. The van der Waals surface area contributed by atoms with Crippen LogP contribution in [-0.4, -0.2) is 62.5 Å². The van der Waals surface area contributed by atoms with Crippen LogP contribution in [0.15, 0.2) is 78.2 Å². The number of piperazine rings is 1. The summed E-state index contributed by atoms with van der Waals surface area (Å²) in [5, 5.41) is 9.51. The number of aryl methyl sites for hydroxylation is 1. The number of hydrogen-bond acceptors (Lipinski definition) is 6. The maximum Gasteiger partial charge on any atom is 0.233 e. The number of pyridine rings is 1. The molecule has 0 unspecified atom stereocenters. The zero-order valence-electron chi connectivity index (χ0n) is 19.3. The largest absolute Gasteiger partial charge is 0.368 e. The molecule has 0 atom stereocenters. The fourth-order valence-electron chi connectivity index (χ4n) is 4.06. The SMILES string of the molecule is Cc1ccc(-n2c(SCC(=O)N3CCN(c4ccc(F)cc4)CC3)nnc2-c2ccncc2)cc1. The van der Waals surface area contributed by atoms with Crippen molar-refractivity contribution < 1.29 is 9.18 Å². The first-order valence-corrected chi connectivity index (χ1v) is 12.4. The summed E-state index contributed by atoms with van der Waals surface area (Å²) in [6.07, 6.45) is 3.46. The summed E-state index contributed by atoms with van der Waals surface area (Å²) >= 11 is 1.39. The van der Waals surface area contributed by atoms with Gasteiger partial charge in [0.05, 0.1) is 5.75 Å². The highest BCUT2D eigenvalue weighted by Crippen LogP contribution is 2.28. The van der Waals surface area contributed by atoms with Gasteiger partial charge >= 0.3 is 0 Å². The van der Waals surface area contributed by atoms with E-state index in [1.165, 1.54) is 23.9 Å². The molecule has 2 aromatic heterocycles. The average molecular weight is 489 g/mol. The lowest BCUT2D eigenvalue weighted by Gasteiger charge is -2.36. The first-order valence-electron chi connectivity index (χ1n) is 11.4. The smallest absolute Gasteiger partial charge is 0.233 e. The lowest BCUT2D eigenvalue weighted by atomic mass is 10.2. The molecule has 0 spiro atoms. The van der Waals surface area contributed by atoms with Gasteiger partial charge in [0, 0.05) is 55.5 Å². The molecule has 0 radical (unpaired) electrons. The zero-order valence-corrected chi connectivity index (χ0v) is 20.2. The molecular weight excluding hydrogens is 463 g/mol. The second-order valence-electron chi connectivity index (χ2n) is 8.35. The first kappa shape index (κ1) is 23.0. The number of benzene rings is 2. The number of hydrogen-bond donors (Lipinski definition) is 0. The van der Waals surface area contributed by atoms with Gasteiger partial charge in [-0.1, -0.05) is 29.5 Å². The van der Waals surface area contributed by atoms with Gasteiger partial charge in [-0.2, -0.15) is 0 Å². The summed E-state index contributed by atoms with van der Waals surface area (Å²) in [5.41, 5.74) is 3.98. The molecule has 1 saturated heterocycles. The Bertz CT molecular complexity index is 1290. The van der Waals surface area contributed by atoms with E-state index in [2.05, 4.69) is 20.1 Å². The summed E-state index contributed by atoms with van der Waals surface area (Å²) < 4.78 is 15.2. The molecule has 0 saturated carbocycles. The van der Waals surface area contributed by atoms with Crippen LogP contribution in [0, 0.1) is 12.7 Å². The summed E-state index contributed by atoms with van der Waals surface area (Å²) in [4.78, 5) is 21.1. The number of amides is 1. The van der Waals surface area contributed by atoms with E-state index in [9.17, 15) is 9.18 Å². The molecule has 2 aromatic carbocycles. The van der Waals surface area contributed by atoms with E-state index in [4.69, 9.17) is 0 Å². The monoisotopic (exact) mass is 488 g/mol. The third-order valence-electron chi connectivity index (χ3n) is 6.01. The van der Waals surface area contributed by atoms with E-state index in [-0.39, 0.29) is 17.5 Å². The predicted molar refractivity (Wildman–Crippen MR) is 135 cm³/mol. The van der Waals surface area contributed by atoms with Crippen molar-refractivity contribution >= 4 is 23.4 Å². The lowest BCUT2D eigenvalue weighted by Crippen LogP contribution is -2.49. The van der Waals surface area contributed by atoms with Gasteiger partial charge in [-0.15, -0.1) is 10.2 Å². The molecule has 1 amide bonds. The van der Waals surface area contributed by atoms with Crippen LogP contribution in [0.2, 0.25) is 0 Å². The molecule has 4 aromatic rings. The van der Waals surface area contributed by atoms with Gasteiger partial charge < -0.3 is 9.80 Å². The van der Waals surface area contributed by atoms with Crippen LogP contribution >= 0.6 is 11.8 Å². The second-order valence-corrected chi connectivity index (χ2v) is 9.29. The number of thioether (sulfide) groups is 1. The van der Waals surface area contributed by atoms with Gasteiger partial charge in [0.2, 0.25) is 5.91 Å². The van der Waals surface area contributed by atoms with Crippen LogP contribution in [0.1, 0.15) is 5.56 Å². The van der Waals surface area contributed by atoms with E-state index < -0.39 is 0 Å². The van der Waals surface area contributed by atoms with E-state index in [0.717, 1.165) is 22.5 Å². The highest BCUT2D eigenvalue weighted by molar-refractivity contribution is 7.99. The van der Waals surface area contributed by atoms with Crippen molar-refractivity contribution in [3.8, 4) is 17.1 Å². The highest BCUT2D eigenvalue weighted by atomic mass is 32.2. The van der Waals surface area contributed by atoms with Crippen LogP contribution in [-0.2, 0) is 4.79 Å². The van der Waals surface area contributed by atoms with Crippen LogP contribution in [0.4, 0.5) is 10.1 Å². The molecule has 5 rings (SSSR count). The first-order chi connectivity index (χ1) is 17.1. The van der Waals surface area contributed by atoms with Crippen LogP contribution in [0.5, 0.6) is 0 Å². The Morgan fingerprint density at radius 3 is 2.23 bits per heavy atom. The van der Waals surface area contributed by atoms with Crippen molar-refractivity contribution in [2.75, 3.05) is 36.8 Å². The molecule has 3 heterocycles. The fraction of sp³-hybridized carbons (Fsp3) is 0.231. The van der Waals surface area contributed by atoms with Gasteiger partial charge in [-0.05, 0) is 55.5 Å². The van der Waals surface area contributed by atoms with E-state index in [1.807, 2.05) is 52.8 Å². The topological polar surface area (TPSA) is 67.2 Å². The molecular formula is C26H25FN6OS. The number of rotatable bonds is 6. The van der Waals surface area contributed by atoms with Gasteiger partial charge in [-0.3, -0.25) is 14.3 Å². The zero-order chi connectivity index (χ0) is 24.2. The molecule has 1 aliphatic rings. The molecule has 0 N–H and O–H groups in total. The Morgan fingerprint density at radius 2 is 1.54 bits per heavy atom. The maximum absolute atomic E-state index is 13.2. The van der Waals surface area contributed by atoms with Gasteiger partial charge in [0.1, 0.15) is 5.82 Å². The Labute approximate surface area is 207 Å². The van der Waals surface area contributed by atoms with Crippen molar-refractivity contribution in [1.82, 2.24) is 24.6 Å². The van der Waals surface area contributed by atoms with Gasteiger partial charge in [0.25, 0.3) is 0 Å². The molecule has 35 heavy (non-hydrogen) atoms. The minimum absolute atomic E-state index is 0.0673. The lowest BCUT2D eigenvalue weighted by molar-refractivity contribution is -0.128. The van der Waals surface area contributed by atoms with Crippen molar-refractivity contribution in [1.29, 1.82) is 0 Å². The number of halogens is 1. The average Bonchev–Trinajstić information content (AvgIpc) is 3.33. The normalized spacial score (nSPS) is 13.8. The summed E-state index contributed by atoms with van der Waals surface area (Å²) in [6, 6.07) is 18.4. The molecule has 0 bridgehead atoms. The minimum atomic E-state index is -0.245. The Morgan fingerprint density at radius 1 is 0.886 bits per heavy atom. The molecule has 0 aliphatic carbocycles. The summed E-state index contributed by atoms with van der Waals surface area (Å²) in [5.74, 6) is 0.804. The van der Waals surface area contributed by atoms with Gasteiger partial charge in [-0.25, -0.2) is 4.39 Å². The van der Waals surface area contributed by atoms with Crippen molar-refractivity contribution in [3.63, 3.8) is 0 Å². The Kier molecular flexibility index (Phi) is 6.76. The quantitative estimate of drug-likeness (QED) is 0.379. The van der Waals surface area contributed by atoms with Crippen LogP contribution in [0.25, 0.3) is 17.1 Å². The number of nitrogens with zero attached hydrogens (tertiary/aromatic N) is 6. The number of anilines is 1. The van der Waals surface area contributed by atoms with Crippen LogP contribution < -0.4 is 4.90 Å². The van der Waals surface area contributed by atoms with Crippen molar-refractivity contribution in [3.05, 3.63) is 84.4 Å². The number of aromatic nitrogens is 4. The molecule has 7 nitrogen and oxygen atoms in total. The van der Waals surface area contributed by atoms with Crippen LogP contribution in [0.3, 0.4) is 0 Å². The molecule has 1 aliphatic heterocycles. The molecule has 178 valence electrons. The molecule has 9 heteroatoms. The van der Waals surface area contributed by atoms with Crippen molar-refractivity contribution in [2.24, 2.45) is 0 Å². The minimum Gasteiger partial charge on any atom is -0.368 e. The third-order valence-corrected chi connectivity index (χ3v) is 6.93. The fourth-order valence-corrected chi connectivity index (χ4v) is 4.92. The third kappa shape index (κ3) is 5.19. The van der Waals surface area contributed by atoms with E-state index in [1.54, 1.807) is 24.5 Å². The van der Waals surface area contributed by atoms with E-state index in [0.29, 0.717) is 37.2 Å². The maximum atomic E-state index is 13.2.